The minimum absolute atomic E-state index is 0.00449. The Morgan fingerprint density at radius 2 is 1.16 bits per heavy atom. The van der Waals surface area contributed by atoms with E-state index in [1.165, 1.54) is 77.0 Å². The fourth-order valence-electron chi connectivity index (χ4n) is 11.3. The van der Waals surface area contributed by atoms with Crippen LogP contribution in [0.4, 0.5) is 0 Å². The van der Waals surface area contributed by atoms with E-state index in [2.05, 4.69) is 30.3 Å². The lowest BCUT2D eigenvalue weighted by Crippen LogP contribution is -2.58. The van der Waals surface area contributed by atoms with Gasteiger partial charge in [-0.3, -0.25) is 0 Å². The summed E-state index contributed by atoms with van der Waals surface area (Å²) in [6.07, 6.45) is 18.3. The van der Waals surface area contributed by atoms with Gasteiger partial charge in [0, 0.05) is 10.8 Å². The Morgan fingerprint density at radius 1 is 0.677 bits per heavy atom. The Kier molecular flexibility index (Phi) is 3.62. The van der Waals surface area contributed by atoms with Gasteiger partial charge in [-0.05, 0) is 125 Å². The topological polar surface area (TPSA) is 21.8 Å². The number of benzene rings is 1. The summed E-state index contributed by atoms with van der Waals surface area (Å²) in [7, 11) is 0. The van der Waals surface area contributed by atoms with E-state index in [0.717, 1.165) is 47.9 Å². The molecule has 31 heavy (non-hydrogen) atoms. The first-order chi connectivity index (χ1) is 15.1. The molecule has 0 radical (unpaired) electrons. The average molecular weight is 419 g/mol. The van der Waals surface area contributed by atoms with Gasteiger partial charge in [0.1, 0.15) is 18.0 Å². The largest absolute Gasteiger partial charge is 0.490 e. The zero-order valence-electron chi connectivity index (χ0n) is 18.9. The average Bonchev–Trinajstić information content (AvgIpc) is 3.49. The van der Waals surface area contributed by atoms with Gasteiger partial charge in [0.15, 0.2) is 0 Å². The van der Waals surface area contributed by atoms with Gasteiger partial charge >= 0.3 is 0 Å². The summed E-state index contributed by atoms with van der Waals surface area (Å²) in [4.78, 5) is 0. The van der Waals surface area contributed by atoms with E-state index in [-0.39, 0.29) is 5.60 Å². The number of rotatable bonds is 5. The molecule has 2 unspecified atom stereocenters. The van der Waals surface area contributed by atoms with Crippen molar-refractivity contribution in [3.8, 4) is 5.75 Å². The minimum Gasteiger partial charge on any atom is -0.490 e. The van der Waals surface area contributed by atoms with Crippen molar-refractivity contribution >= 4 is 0 Å². The van der Waals surface area contributed by atoms with Crippen LogP contribution in [0.15, 0.2) is 30.3 Å². The molecule has 0 amide bonds. The summed E-state index contributed by atoms with van der Waals surface area (Å²) in [5.41, 5.74) is 0.896. The zero-order valence-corrected chi connectivity index (χ0v) is 18.9. The van der Waals surface area contributed by atoms with Crippen LogP contribution in [0.25, 0.3) is 0 Å². The Morgan fingerprint density at radius 3 is 1.68 bits per heavy atom. The van der Waals surface area contributed by atoms with Crippen molar-refractivity contribution in [3.05, 3.63) is 30.3 Å². The molecule has 10 rings (SSSR count). The van der Waals surface area contributed by atoms with Crippen LogP contribution < -0.4 is 4.74 Å². The summed E-state index contributed by atoms with van der Waals surface area (Å²) < 4.78 is 13.8. The third-order valence-corrected chi connectivity index (χ3v) is 11.5. The first kappa shape index (κ1) is 18.4. The van der Waals surface area contributed by atoms with Crippen LogP contribution in [-0.4, -0.2) is 18.3 Å². The second-order valence-electron chi connectivity index (χ2n) is 13.5. The number of para-hydroxylation sites is 1. The quantitative estimate of drug-likeness (QED) is 0.500. The van der Waals surface area contributed by atoms with Crippen LogP contribution in [0.3, 0.4) is 0 Å². The van der Waals surface area contributed by atoms with Gasteiger partial charge in [-0.15, -0.1) is 0 Å². The molecule has 8 bridgehead atoms. The van der Waals surface area contributed by atoms with Crippen LogP contribution >= 0.6 is 0 Å². The van der Waals surface area contributed by atoms with Crippen molar-refractivity contribution in [1.29, 1.82) is 0 Å². The third kappa shape index (κ3) is 2.55. The van der Waals surface area contributed by atoms with Crippen molar-refractivity contribution in [2.75, 3.05) is 6.61 Å². The molecule has 8 saturated carbocycles. The molecule has 0 aromatic heterocycles. The molecule has 1 aromatic carbocycles. The van der Waals surface area contributed by atoms with Gasteiger partial charge in [-0.25, -0.2) is 0 Å². The maximum Gasteiger partial charge on any atom is 0.135 e. The summed E-state index contributed by atoms with van der Waals surface area (Å²) in [5.74, 6) is 6.95. The lowest BCUT2D eigenvalue weighted by atomic mass is 9.43. The Hall–Kier alpha value is -1.02. The lowest BCUT2D eigenvalue weighted by molar-refractivity contribution is -0.110. The van der Waals surface area contributed by atoms with E-state index >= 15 is 0 Å². The normalized spacial score (nSPS) is 55.5. The zero-order chi connectivity index (χ0) is 20.3. The standard InChI is InChI=1S/C29H38O2/c1-2-4-25(5-3-1)30-18-29(28-15-22-9-23(16-28)11-24(10-22)17-28)26(31-29)27-12-19-6-20(13-27)8-21(7-19)14-27/h1-5,19-24,26H,6-18H2. The SMILES string of the molecule is c1ccc(OCC2(C34CC5CC(CC(C5)C3)C4)OC2C23CC4CC(CC(C4)C2)C3)cc1. The molecule has 2 atom stereocenters. The van der Waals surface area contributed by atoms with Crippen molar-refractivity contribution < 1.29 is 9.47 Å². The molecular formula is C29H38O2. The van der Waals surface area contributed by atoms with Gasteiger partial charge in [0.05, 0.1) is 6.10 Å². The highest BCUT2D eigenvalue weighted by atomic mass is 16.6. The van der Waals surface area contributed by atoms with E-state index < -0.39 is 0 Å². The number of ether oxygens (including phenoxy) is 2. The van der Waals surface area contributed by atoms with Gasteiger partial charge in [0.2, 0.25) is 0 Å². The Labute approximate surface area is 187 Å². The van der Waals surface area contributed by atoms with Crippen LogP contribution in [0, 0.1) is 46.3 Å². The monoisotopic (exact) mass is 418 g/mol. The number of epoxide rings is 1. The fourth-order valence-corrected chi connectivity index (χ4v) is 11.3. The summed E-state index contributed by atoms with van der Waals surface area (Å²) >= 11 is 0. The molecular weight excluding hydrogens is 380 g/mol. The van der Waals surface area contributed by atoms with Crippen molar-refractivity contribution in [2.24, 2.45) is 46.3 Å². The first-order valence-electron chi connectivity index (χ1n) is 13.5. The van der Waals surface area contributed by atoms with Crippen LogP contribution in [0.5, 0.6) is 5.75 Å². The van der Waals surface area contributed by atoms with Gasteiger partial charge < -0.3 is 9.47 Å². The van der Waals surface area contributed by atoms with Crippen molar-refractivity contribution in [1.82, 2.24) is 0 Å². The van der Waals surface area contributed by atoms with Gasteiger partial charge in [-0.1, -0.05) is 18.2 Å². The second-order valence-corrected chi connectivity index (χ2v) is 13.5. The van der Waals surface area contributed by atoms with E-state index in [1.807, 2.05) is 0 Å². The maximum absolute atomic E-state index is 7.17. The van der Waals surface area contributed by atoms with E-state index in [1.54, 1.807) is 0 Å². The van der Waals surface area contributed by atoms with E-state index in [4.69, 9.17) is 9.47 Å². The molecule has 1 saturated heterocycles. The predicted octanol–water partition coefficient (Wildman–Crippen LogP) is 6.64. The molecule has 2 heteroatoms. The molecule has 166 valence electrons. The summed E-state index contributed by atoms with van der Waals surface area (Å²) in [6, 6.07) is 10.6. The number of hydrogen-bond donors (Lipinski definition) is 0. The lowest BCUT2D eigenvalue weighted by Gasteiger charge is -2.60. The highest BCUT2D eigenvalue weighted by molar-refractivity contribution is 5.27. The maximum atomic E-state index is 7.17. The summed E-state index contributed by atoms with van der Waals surface area (Å²) in [6.45, 7) is 0.801. The van der Waals surface area contributed by atoms with Gasteiger partial charge in [-0.2, -0.15) is 0 Å². The van der Waals surface area contributed by atoms with Crippen LogP contribution in [-0.2, 0) is 4.74 Å². The highest BCUT2D eigenvalue weighted by Crippen LogP contribution is 2.75. The molecule has 2 nitrogen and oxygen atoms in total. The predicted molar refractivity (Wildman–Crippen MR) is 121 cm³/mol. The second kappa shape index (κ2) is 6.10. The molecule has 1 heterocycles. The molecule has 0 N–H and O–H groups in total. The molecule has 8 aliphatic carbocycles. The molecule has 0 spiro atoms. The molecule has 9 fully saturated rings. The van der Waals surface area contributed by atoms with Gasteiger partial charge in [0.25, 0.3) is 0 Å². The van der Waals surface area contributed by atoms with Crippen LogP contribution in [0.2, 0.25) is 0 Å². The molecule has 9 aliphatic rings. The third-order valence-electron chi connectivity index (χ3n) is 11.5. The van der Waals surface area contributed by atoms with Crippen molar-refractivity contribution in [2.45, 2.75) is 88.8 Å². The first-order valence-corrected chi connectivity index (χ1v) is 13.5. The molecule has 1 aliphatic heterocycles. The van der Waals surface area contributed by atoms with E-state index in [0.29, 0.717) is 16.9 Å². The smallest absolute Gasteiger partial charge is 0.135 e. The number of hydrogen-bond acceptors (Lipinski definition) is 2. The van der Waals surface area contributed by atoms with E-state index in [9.17, 15) is 0 Å². The Bertz CT molecular complexity index is 803. The fraction of sp³-hybridized carbons (Fsp3) is 0.793. The van der Waals surface area contributed by atoms with Crippen molar-refractivity contribution in [3.63, 3.8) is 0 Å². The Balaban J connectivity index is 1.16. The highest BCUT2D eigenvalue weighted by Gasteiger charge is 2.78. The summed E-state index contributed by atoms with van der Waals surface area (Å²) in [5, 5.41) is 0. The minimum atomic E-state index is 0.00449. The van der Waals surface area contributed by atoms with Crippen LogP contribution in [0.1, 0.15) is 77.0 Å². The molecule has 1 aromatic rings.